The number of hydrogen-bond acceptors (Lipinski definition) is 3. The second-order valence-corrected chi connectivity index (χ2v) is 11.2. The van der Waals surface area contributed by atoms with Crippen LogP contribution in [-0.4, -0.2) is 34.9 Å². The van der Waals surface area contributed by atoms with Crippen molar-refractivity contribution in [2.45, 2.75) is 193 Å². The molecule has 3 N–H and O–H groups in total. The molecule has 0 fully saturated rings. The predicted octanol–water partition coefficient (Wildman–Crippen LogP) is 9.01. The number of hydrogen-bond donors (Lipinski definition) is 3. The van der Waals surface area contributed by atoms with E-state index in [2.05, 4.69) is 19.2 Å². The van der Waals surface area contributed by atoms with Crippen LogP contribution in [0, 0.1) is 0 Å². The van der Waals surface area contributed by atoms with Crippen molar-refractivity contribution in [1.82, 2.24) is 5.32 Å². The zero-order valence-corrected chi connectivity index (χ0v) is 24.5. The molecule has 2 unspecified atom stereocenters. The molecule has 4 heteroatoms. The highest BCUT2D eigenvalue weighted by atomic mass is 16.3. The first kappa shape index (κ1) is 35.4. The van der Waals surface area contributed by atoms with E-state index in [1.54, 1.807) is 0 Å². The van der Waals surface area contributed by atoms with E-state index in [4.69, 9.17) is 0 Å². The third-order valence-electron chi connectivity index (χ3n) is 7.62. The van der Waals surface area contributed by atoms with Crippen LogP contribution in [0.25, 0.3) is 0 Å². The lowest BCUT2D eigenvalue weighted by atomic mass is 10.0. The number of aliphatic hydroxyl groups excluding tert-OH is 2. The molecule has 0 heterocycles. The second-order valence-electron chi connectivity index (χ2n) is 11.2. The Balaban J connectivity index is 3.52. The first-order valence-electron chi connectivity index (χ1n) is 16.2. The molecule has 0 spiro atoms. The van der Waals surface area contributed by atoms with Gasteiger partial charge in [0.15, 0.2) is 0 Å². The minimum atomic E-state index is -0.649. The molecule has 0 saturated heterocycles. The van der Waals surface area contributed by atoms with Crippen LogP contribution in [-0.2, 0) is 4.79 Å². The lowest BCUT2D eigenvalue weighted by molar-refractivity contribution is -0.123. The maximum atomic E-state index is 12.2. The molecule has 0 bridgehead atoms. The number of carbonyl (C=O) groups excluding carboxylic acids is 1. The van der Waals surface area contributed by atoms with E-state index >= 15 is 0 Å². The largest absolute Gasteiger partial charge is 0.394 e. The van der Waals surface area contributed by atoms with E-state index in [9.17, 15) is 15.0 Å². The molecular weight excluding hydrogens is 446 g/mol. The first-order valence-corrected chi connectivity index (χ1v) is 16.2. The summed E-state index contributed by atoms with van der Waals surface area (Å²) in [5.41, 5.74) is 0. The fourth-order valence-electron chi connectivity index (χ4n) is 5.06. The Hall–Kier alpha value is -0.610. The average molecular weight is 512 g/mol. The third kappa shape index (κ3) is 25.1. The van der Waals surface area contributed by atoms with Crippen LogP contribution < -0.4 is 5.32 Å². The van der Waals surface area contributed by atoms with Gasteiger partial charge in [-0.1, -0.05) is 162 Å². The number of amides is 1. The van der Waals surface area contributed by atoms with Crippen molar-refractivity contribution < 1.29 is 15.0 Å². The average Bonchev–Trinajstić information content (AvgIpc) is 2.88. The van der Waals surface area contributed by atoms with Crippen LogP contribution in [0.2, 0.25) is 0 Å². The van der Waals surface area contributed by atoms with Gasteiger partial charge >= 0.3 is 0 Å². The van der Waals surface area contributed by atoms with E-state index in [-0.39, 0.29) is 12.5 Å². The van der Waals surface area contributed by atoms with Crippen molar-refractivity contribution in [3.8, 4) is 0 Å². The molecule has 0 aromatic carbocycles. The number of nitrogens with one attached hydrogen (secondary N) is 1. The van der Waals surface area contributed by atoms with Crippen LogP contribution in [0.3, 0.4) is 0 Å². The predicted molar refractivity (Wildman–Crippen MR) is 156 cm³/mol. The van der Waals surface area contributed by atoms with E-state index < -0.39 is 12.1 Å². The summed E-state index contributed by atoms with van der Waals surface area (Å²) in [6.45, 7) is 4.32. The summed E-state index contributed by atoms with van der Waals surface area (Å²) in [5.74, 6) is -0.0361. The Labute approximate surface area is 225 Å². The molecule has 36 heavy (non-hydrogen) atoms. The molecule has 0 aliphatic heterocycles. The molecule has 0 aliphatic rings. The summed E-state index contributed by atoms with van der Waals surface area (Å²) >= 11 is 0. The fourth-order valence-corrected chi connectivity index (χ4v) is 5.06. The van der Waals surface area contributed by atoms with Crippen molar-refractivity contribution in [2.24, 2.45) is 0 Å². The minimum Gasteiger partial charge on any atom is -0.394 e. The molecule has 1 amide bonds. The van der Waals surface area contributed by atoms with Crippen LogP contribution >= 0.6 is 0 Å². The van der Waals surface area contributed by atoms with Gasteiger partial charge in [-0.15, -0.1) is 0 Å². The van der Waals surface area contributed by atoms with Gasteiger partial charge in [0.1, 0.15) is 0 Å². The molecule has 2 atom stereocenters. The standard InChI is InChI=1S/C32H65NO3/c1-3-5-7-9-11-13-14-15-16-17-18-19-20-21-23-25-27-31(35)30(29-34)33-32(36)28-26-24-22-12-10-8-6-4-2/h30-31,34-35H,3-29H2,1-2H3,(H,33,36). The molecule has 216 valence electrons. The Kier molecular flexibility index (Phi) is 28.5. The summed E-state index contributed by atoms with van der Waals surface area (Å²) in [6.07, 6.45) is 31.5. The van der Waals surface area contributed by atoms with Crippen molar-refractivity contribution >= 4 is 5.91 Å². The van der Waals surface area contributed by atoms with Gasteiger partial charge in [0.25, 0.3) is 0 Å². The normalized spacial score (nSPS) is 13.1. The first-order chi connectivity index (χ1) is 17.7. The molecular formula is C32H65NO3. The van der Waals surface area contributed by atoms with Gasteiger partial charge in [0.2, 0.25) is 5.91 Å². The molecule has 0 aromatic rings. The minimum absolute atomic E-state index is 0.0361. The highest BCUT2D eigenvalue weighted by Gasteiger charge is 2.19. The zero-order chi connectivity index (χ0) is 26.5. The topological polar surface area (TPSA) is 69.6 Å². The summed E-state index contributed by atoms with van der Waals surface area (Å²) in [7, 11) is 0. The highest BCUT2D eigenvalue weighted by Crippen LogP contribution is 2.15. The summed E-state index contributed by atoms with van der Waals surface area (Å²) in [5, 5.41) is 22.9. The van der Waals surface area contributed by atoms with Crippen LogP contribution in [0.4, 0.5) is 0 Å². The maximum Gasteiger partial charge on any atom is 0.220 e. The van der Waals surface area contributed by atoms with Gasteiger partial charge in [-0.2, -0.15) is 0 Å². The van der Waals surface area contributed by atoms with Crippen LogP contribution in [0.15, 0.2) is 0 Å². The smallest absolute Gasteiger partial charge is 0.220 e. The van der Waals surface area contributed by atoms with Gasteiger partial charge in [-0.25, -0.2) is 0 Å². The molecule has 0 radical (unpaired) electrons. The Bertz CT molecular complexity index is 443. The summed E-state index contributed by atoms with van der Waals surface area (Å²) in [6, 6.07) is -0.525. The SMILES string of the molecule is CCCCCCCCCCCCCCCCCCC(O)C(CO)NC(=O)CCCCCCCCCC. The molecule has 0 aliphatic carbocycles. The third-order valence-corrected chi connectivity index (χ3v) is 7.62. The van der Waals surface area contributed by atoms with Crippen molar-refractivity contribution in [1.29, 1.82) is 0 Å². The van der Waals surface area contributed by atoms with Crippen LogP contribution in [0.1, 0.15) is 181 Å². The van der Waals surface area contributed by atoms with Crippen molar-refractivity contribution in [3.63, 3.8) is 0 Å². The van der Waals surface area contributed by atoms with Crippen molar-refractivity contribution in [3.05, 3.63) is 0 Å². The number of rotatable bonds is 29. The monoisotopic (exact) mass is 511 g/mol. The molecule has 0 rings (SSSR count). The maximum absolute atomic E-state index is 12.2. The van der Waals surface area contributed by atoms with Gasteiger partial charge in [0, 0.05) is 6.42 Å². The van der Waals surface area contributed by atoms with Gasteiger partial charge < -0.3 is 15.5 Å². The number of unbranched alkanes of at least 4 members (excludes halogenated alkanes) is 22. The number of carbonyl (C=O) groups is 1. The lowest BCUT2D eigenvalue weighted by Gasteiger charge is -2.22. The van der Waals surface area contributed by atoms with E-state index in [0.717, 1.165) is 25.7 Å². The van der Waals surface area contributed by atoms with E-state index in [1.807, 2.05) is 0 Å². The second kappa shape index (κ2) is 29.0. The zero-order valence-electron chi connectivity index (χ0n) is 24.5. The summed E-state index contributed by atoms with van der Waals surface area (Å²) in [4.78, 5) is 12.2. The molecule has 4 nitrogen and oxygen atoms in total. The number of aliphatic hydroxyl groups is 2. The van der Waals surface area contributed by atoms with Gasteiger partial charge in [0.05, 0.1) is 18.8 Å². The van der Waals surface area contributed by atoms with E-state index in [1.165, 1.54) is 128 Å². The molecule has 0 saturated carbocycles. The Morgan fingerprint density at radius 1 is 0.556 bits per heavy atom. The van der Waals surface area contributed by atoms with E-state index in [0.29, 0.717) is 12.8 Å². The Morgan fingerprint density at radius 3 is 1.25 bits per heavy atom. The van der Waals surface area contributed by atoms with Gasteiger partial charge in [-0.05, 0) is 12.8 Å². The fraction of sp³-hybridized carbons (Fsp3) is 0.969. The molecule has 0 aromatic heterocycles. The highest BCUT2D eigenvalue weighted by molar-refractivity contribution is 5.76. The summed E-state index contributed by atoms with van der Waals surface area (Å²) < 4.78 is 0. The Morgan fingerprint density at radius 2 is 0.889 bits per heavy atom. The lowest BCUT2D eigenvalue weighted by Crippen LogP contribution is -2.45. The van der Waals surface area contributed by atoms with Gasteiger partial charge in [-0.3, -0.25) is 4.79 Å². The van der Waals surface area contributed by atoms with Crippen LogP contribution in [0.5, 0.6) is 0 Å². The quantitative estimate of drug-likeness (QED) is 0.0877. The van der Waals surface area contributed by atoms with Crippen molar-refractivity contribution in [2.75, 3.05) is 6.61 Å².